The van der Waals surface area contributed by atoms with Crippen LogP contribution in [-0.2, 0) is 16.0 Å². The van der Waals surface area contributed by atoms with Gasteiger partial charge in [0.25, 0.3) is 0 Å². The molecule has 0 aliphatic carbocycles. The van der Waals surface area contributed by atoms with Crippen LogP contribution in [0.5, 0.6) is 0 Å². The number of thiazole rings is 1. The number of aromatic nitrogens is 1. The first-order chi connectivity index (χ1) is 8.58. The van der Waals surface area contributed by atoms with Gasteiger partial charge in [-0.05, 0) is 13.3 Å². The zero-order valence-corrected chi connectivity index (χ0v) is 11.1. The molecule has 1 aliphatic rings. The Hall–Kier alpha value is -1.43. The minimum atomic E-state index is -0.804. The summed E-state index contributed by atoms with van der Waals surface area (Å²) in [6.07, 6.45) is 1.57. The highest BCUT2D eigenvalue weighted by molar-refractivity contribution is 7.09. The van der Waals surface area contributed by atoms with Crippen molar-refractivity contribution in [2.24, 2.45) is 5.92 Å². The number of carbonyl (C=O) groups is 2. The van der Waals surface area contributed by atoms with E-state index in [0.717, 1.165) is 12.1 Å². The van der Waals surface area contributed by atoms with Crippen LogP contribution >= 0.6 is 11.3 Å². The van der Waals surface area contributed by atoms with Crippen LogP contribution in [0.4, 0.5) is 0 Å². The molecule has 1 aromatic heterocycles. The van der Waals surface area contributed by atoms with Crippen molar-refractivity contribution in [3.8, 4) is 0 Å². The normalized spacial score (nSPS) is 20.2. The van der Waals surface area contributed by atoms with E-state index >= 15 is 0 Å². The lowest BCUT2D eigenvalue weighted by atomic mass is 9.97. The molecule has 1 amide bonds. The Bertz CT molecular complexity index is 458. The fraction of sp³-hybridized carbons (Fsp3) is 0.583. The minimum absolute atomic E-state index is 0.0645. The van der Waals surface area contributed by atoms with Gasteiger partial charge in [0, 0.05) is 30.8 Å². The van der Waals surface area contributed by atoms with E-state index < -0.39 is 11.9 Å². The molecule has 2 rings (SSSR count). The Kier molecular flexibility index (Phi) is 3.96. The molecule has 1 atom stereocenters. The summed E-state index contributed by atoms with van der Waals surface area (Å²) >= 11 is 1.58. The molecule has 6 heteroatoms. The van der Waals surface area contributed by atoms with Crippen LogP contribution in [0.25, 0.3) is 0 Å². The molecule has 1 N–H and O–H groups in total. The van der Waals surface area contributed by atoms with Crippen LogP contribution < -0.4 is 0 Å². The molecule has 0 bridgehead atoms. The number of hydrogen-bond acceptors (Lipinski definition) is 4. The average molecular weight is 268 g/mol. The number of carbonyl (C=O) groups excluding carboxylic acids is 1. The van der Waals surface area contributed by atoms with Crippen LogP contribution in [0.1, 0.15) is 23.4 Å². The molecule has 18 heavy (non-hydrogen) atoms. The van der Waals surface area contributed by atoms with Gasteiger partial charge in [0.15, 0.2) is 0 Å². The van der Waals surface area contributed by atoms with Crippen molar-refractivity contribution in [1.29, 1.82) is 0 Å². The Morgan fingerprint density at radius 1 is 1.67 bits per heavy atom. The SMILES string of the molecule is Cc1ncsc1CCN1CC(C(=O)O)CCC1=O. The van der Waals surface area contributed by atoms with Crippen molar-refractivity contribution < 1.29 is 14.7 Å². The number of piperidine rings is 1. The highest BCUT2D eigenvalue weighted by Gasteiger charge is 2.29. The maximum Gasteiger partial charge on any atom is 0.308 e. The summed E-state index contributed by atoms with van der Waals surface area (Å²) < 4.78 is 0. The molecule has 1 unspecified atom stereocenters. The van der Waals surface area contributed by atoms with Crippen LogP contribution in [0, 0.1) is 12.8 Å². The van der Waals surface area contributed by atoms with E-state index in [1.165, 1.54) is 4.88 Å². The molecule has 1 saturated heterocycles. The number of likely N-dealkylation sites (tertiary alicyclic amines) is 1. The van der Waals surface area contributed by atoms with E-state index in [4.69, 9.17) is 5.11 Å². The summed E-state index contributed by atoms with van der Waals surface area (Å²) in [5.41, 5.74) is 2.79. The third-order valence-electron chi connectivity index (χ3n) is 3.30. The zero-order chi connectivity index (χ0) is 13.1. The first-order valence-electron chi connectivity index (χ1n) is 5.97. The monoisotopic (exact) mass is 268 g/mol. The smallest absolute Gasteiger partial charge is 0.308 e. The van der Waals surface area contributed by atoms with E-state index in [-0.39, 0.29) is 5.91 Å². The molecular weight excluding hydrogens is 252 g/mol. The molecule has 98 valence electrons. The Morgan fingerprint density at radius 2 is 2.44 bits per heavy atom. The third kappa shape index (κ3) is 2.87. The fourth-order valence-corrected chi connectivity index (χ4v) is 2.91. The minimum Gasteiger partial charge on any atom is -0.481 e. The second-order valence-corrected chi connectivity index (χ2v) is 5.46. The van der Waals surface area contributed by atoms with Crippen molar-refractivity contribution in [3.05, 3.63) is 16.1 Å². The van der Waals surface area contributed by atoms with Crippen LogP contribution in [0.2, 0.25) is 0 Å². The van der Waals surface area contributed by atoms with Gasteiger partial charge >= 0.3 is 5.97 Å². The molecule has 0 saturated carbocycles. The number of rotatable bonds is 4. The molecule has 0 radical (unpaired) electrons. The van der Waals surface area contributed by atoms with Crippen molar-refractivity contribution in [3.63, 3.8) is 0 Å². The van der Waals surface area contributed by atoms with Crippen molar-refractivity contribution in [1.82, 2.24) is 9.88 Å². The Morgan fingerprint density at radius 3 is 3.06 bits per heavy atom. The van der Waals surface area contributed by atoms with E-state index in [1.54, 1.807) is 21.7 Å². The fourth-order valence-electron chi connectivity index (χ4n) is 2.14. The third-order valence-corrected chi connectivity index (χ3v) is 4.30. The van der Waals surface area contributed by atoms with Gasteiger partial charge in [-0.15, -0.1) is 11.3 Å². The lowest BCUT2D eigenvalue weighted by molar-refractivity contribution is -0.147. The van der Waals surface area contributed by atoms with Gasteiger partial charge < -0.3 is 10.0 Å². The maximum absolute atomic E-state index is 11.7. The molecule has 2 heterocycles. The summed E-state index contributed by atoms with van der Waals surface area (Å²) in [7, 11) is 0. The largest absolute Gasteiger partial charge is 0.481 e. The number of amides is 1. The number of nitrogens with zero attached hydrogens (tertiary/aromatic N) is 2. The molecule has 1 aliphatic heterocycles. The summed E-state index contributed by atoms with van der Waals surface area (Å²) in [6.45, 7) is 2.88. The maximum atomic E-state index is 11.7. The van der Waals surface area contributed by atoms with Crippen LogP contribution in [0.3, 0.4) is 0 Å². The van der Waals surface area contributed by atoms with Crippen molar-refractivity contribution in [2.45, 2.75) is 26.2 Å². The van der Waals surface area contributed by atoms with E-state index in [0.29, 0.717) is 25.9 Å². The summed E-state index contributed by atoms with van der Waals surface area (Å²) in [4.78, 5) is 29.7. The van der Waals surface area contributed by atoms with Crippen LogP contribution in [-0.4, -0.2) is 40.0 Å². The van der Waals surface area contributed by atoms with Gasteiger partial charge in [0.2, 0.25) is 5.91 Å². The molecular formula is C12H16N2O3S. The summed E-state index contributed by atoms with van der Waals surface area (Å²) in [6, 6.07) is 0. The predicted octanol–water partition coefficient (Wildman–Crippen LogP) is 1.32. The molecule has 5 nitrogen and oxygen atoms in total. The number of aryl methyl sites for hydroxylation is 1. The summed E-state index contributed by atoms with van der Waals surface area (Å²) in [5.74, 6) is -1.15. The van der Waals surface area contributed by atoms with E-state index in [9.17, 15) is 9.59 Å². The number of carboxylic acids is 1. The second kappa shape index (κ2) is 5.48. The van der Waals surface area contributed by atoms with Gasteiger partial charge in [-0.2, -0.15) is 0 Å². The standard InChI is InChI=1S/C12H16N2O3S/c1-8-10(18-7-13-8)4-5-14-6-9(12(16)17)2-3-11(14)15/h7,9H,2-6H2,1H3,(H,16,17). The average Bonchev–Trinajstić information content (AvgIpc) is 2.73. The van der Waals surface area contributed by atoms with Gasteiger partial charge in [-0.3, -0.25) is 9.59 Å². The van der Waals surface area contributed by atoms with Gasteiger partial charge in [0.1, 0.15) is 0 Å². The molecule has 0 spiro atoms. The Balaban J connectivity index is 1.93. The number of aliphatic carboxylic acids is 1. The van der Waals surface area contributed by atoms with Crippen LogP contribution in [0.15, 0.2) is 5.51 Å². The molecule has 0 aromatic carbocycles. The lowest BCUT2D eigenvalue weighted by Gasteiger charge is -2.30. The van der Waals surface area contributed by atoms with E-state index in [1.807, 2.05) is 6.92 Å². The second-order valence-electron chi connectivity index (χ2n) is 4.52. The zero-order valence-electron chi connectivity index (χ0n) is 10.3. The predicted molar refractivity (Wildman–Crippen MR) is 67.5 cm³/mol. The quantitative estimate of drug-likeness (QED) is 0.894. The molecule has 1 aromatic rings. The van der Waals surface area contributed by atoms with E-state index in [2.05, 4.69) is 4.98 Å². The number of carboxylic acid groups (broad SMARTS) is 1. The van der Waals surface area contributed by atoms with Gasteiger partial charge in [-0.1, -0.05) is 0 Å². The first-order valence-corrected chi connectivity index (χ1v) is 6.85. The molecule has 1 fully saturated rings. The summed E-state index contributed by atoms with van der Waals surface area (Å²) in [5, 5.41) is 8.99. The lowest BCUT2D eigenvalue weighted by Crippen LogP contribution is -2.43. The topological polar surface area (TPSA) is 70.5 Å². The Labute approximate surface area is 109 Å². The highest BCUT2D eigenvalue weighted by Crippen LogP contribution is 2.19. The van der Waals surface area contributed by atoms with Gasteiger partial charge in [0.05, 0.1) is 17.1 Å². The first kappa shape index (κ1) is 13.0. The number of hydrogen-bond donors (Lipinski definition) is 1. The highest BCUT2D eigenvalue weighted by atomic mass is 32.1. The van der Waals surface area contributed by atoms with Crippen molar-refractivity contribution >= 4 is 23.2 Å². The van der Waals surface area contributed by atoms with Crippen molar-refractivity contribution in [2.75, 3.05) is 13.1 Å². The van der Waals surface area contributed by atoms with Gasteiger partial charge in [-0.25, -0.2) is 4.98 Å².